The average Bonchev–Trinajstić information content (AvgIpc) is 3.49. The minimum Gasteiger partial charge on any atom is -0.479 e. The molecule has 0 amide bonds. The van der Waals surface area contributed by atoms with Gasteiger partial charge in [-0.3, -0.25) is 4.98 Å². The van der Waals surface area contributed by atoms with Crippen LogP contribution in [-0.2, 0) is 9.53 Å². The molecule has 4 aromatic rings. The van der Waals surface area contributed by atoms with Crippen LogP contribution in [0.25, 0.3) is 32.8 Å². The van der Waals surface area contributed by atoms with E-state index in [0.29, 0.717) is 17.4 Å². The number of hydrogen-bond donors (Lipinski definition) is 1. The highest BCUT2D eigenvalue weighted by molar-refractivity contribution is 6.09. The third kappa shape index (κ3) is 3.08. The van der Waals surface area contributed by atoms with Gasteiger partial charge in [0.05, 0.1) is 11.1 Å². The summed E-state index contributed by atoms with van der Waals surface area (Å²) < 4.78 is 6.15. The number of aryl methyl sites for hydroxylation is 1. The molecule has 33 heavy (non-hydrogen) atoms. The van der Waals surface area contributed by atoms with Crippen molar-refractivity contribution in [2.45, 2.75) is 57.7 Å². The van der Waals surface area contributed by atoms with Crippen LogP contribution in [0, 0.1) is 6.92 Å². The number of fused-ring (bicyclic) bond motifs is 4. The second-order valence-corrected chi connectivity index (χ2v) is 10.4. The fourth-order valence-corrected chi connectivity index (χ4v) is 5.74. The Morgan fingerprint density at radius 1 is 1.09 bits per heavy atom. The van der Waals surface area contributed by atoms with Gasteiger partial charge in [-0.15, -0.1) is 0 Å². The number of carboxylic acids is 1. The van der Waals surface area contributed by atoms with Crippen LogP contribution >= 0.6 is 0 Å². The molecular formula is C29H27NO3. The predicted molar refractivity (Wildman–Crippen MR) is 131 cm³/mol. The lowest BCUT2D eigenvalue weighted by Gasteiger charge is -2.28. The first kappa shape index (κ1) is 20.4. The van der Waals surface area contributed by atoms with Crippen molar-refractivity contribution in [3.63, 3.8) is 0 Å². The van der Waals surface area contributed by atoms with E-state index in [9.17, 15) is 9.90 Å². The maximum atomic E-state index is 12.5. The Hall–Kier alpha value is -3.24. The molecule has 1 unspecified atom stereocenters. The van der Waals surface area contributed by atoms with Crippen molar-refractivity contribution in [3.8, 4) is 11.1 Å². The SMILES string of the molecule is Cc1cc2ccccc2c(-c2ccc3c4c(ccnc24)[C@H]2CC32)c1[C@H](OC(C)(C)C)C(=O)O. The van der Waals surface area contributed by atoms with Crippen LogP contribution in [0.3, 0.4) is 0 Å². The van der Waals surface area contributed by atoms with Crippen molar-refractivity contribution >= 4 is 27.6 Å². The Bertz CT molecular complexity index is 1450. The van der Waals surface area contributed by atoms with Crippen molar-refractivity contribution in [2.24, 2.45) is 0 Å². The first-order valence-corrected chi connectivity index (χ1v) is 11.6. The lowest BCUT2D eigenvalue weighted by molar-refractivity contribution is -0.160. The van der Waals surface area contributed by atoms with Gasteiger partial charge in [-0.05, 0) is 85.0 Å². The van der Waals surface area contributed by atoms with Crippen LogP contribution in [0.1, 0.15) is 67.4 Å². The highest BCUT2D eigenvalue weighted by atomic mass is 16.5. The first-order chi connectivity index (χ1) is 15.7. The fourth-order valence-electron chi connectivity index (χ4n) is 5.74. The number of ether oxygens (including phenoxy) is 1. The minimum atomic E-state index is -1.08. The molecule has 2 aliphatic rings. The maximum Gasteiger partial charge on any atom is 0.337 e. The Morgan fingerprint density at radius 3 is 2.55 bits per heavy atom. The van der Waals surface area contributed by atoms with Crippen LogP contribution in [0.5, 0.6) is 0 Å². The standard InChI is InChI=1S/C29H27NO3/c1-15-13-16-7-5-6-8-17(16)24(23(15)27(28(31)32)33-29(2,3)4)20-10-9-18-21-14-22(21)19-11-12-30-26(20)25(18)19/h5-13,21-22,27H,14H2,1-4H3,(H,31,32)/t21?,22-,27+/m1/s1. The monoisotopic (exact) mass is 437 g/mol. The van der Waals surface area contributed by atoms with E-state index >= 15 is 0 Å². The number of pyridine rings is 1. The lowest BCUT2D eigenvalue weighted by Crippen LogP contribution is -2.28. The lowest BCUT2D eigenvalue weighted by atomic mass is 9.85. The first-order valence-electron chi connectivity index (χ1n) is 11.6. The number of carboxylic acid groups (broad SMARTS) is 1. The summed E-state index contributed by atoms with van der Waals surface area (Å²) in [5.74, 6) is 0.251. The van der Waals surface area contributed by atoms with Gasteiger partial charge >= 0.3 is 5.97 Å². The van der Waals surface area contributed by atoms with Crippen LogP contribution < -0.4 is 0 Å². The minimum absolute atomic E-state index is 0.611. The highest BCUT2D eigenvalue weighted by Gasteiger charge is 2.47. The van der Waals surface area contributed by atoms with Gasteiger partial charge in [-0.2, -0.15) is 0 Å². The maximum absolute atomic E-state index is 12.5. The van der Waals surface area contributed by atoms with Gasteiger partial charge in [0.25, 0.3) is 0 Å². The topological polar surface area (TPSA) is 59.4 Å². The molecule has 0 radical (unpaired) electrons. The van der Waals surface area contributed by atoms with E-state index in [-0.39, 0.29) is 0 Å². The molecule has 1 aromatic heterocycles. The summed E-state index contributed by atoms with van der Waals surface area (Å²) in [5.41, 5.74) is 6.65. The quantitative estimate of drug-likeness (QED) is 0.378. The molecule has 0 aliphatic heterocycles. The molecule has 4 nitrogen and oxygen atoms in total. The molecule has 4 heteroatoms. The number of aromatic nitrogens is 1. The van der Waals surface area contributed by atoms with Crippen LogP contribution in [-0.4, -0.2) is 21.7 Å². The van der Waals surface area contributed by atoms with Gasteiger partial charge in [0.2, 0.25) is 0 Å². The molecule has 0 spiro atoms. The zero-order valence-electron chi connectivity index (χ0n) is 19.3. The number of aliphatic carboxylic acids is 1. The predicted octanol–water partition coefficient (Wildman–Crippen LogP) is 6.89. The largest absolute Gasteiger partial charge is 0.479 e. The highest BCUT2D eigenvalue weighted by Crippen LogP contribution is 2.63. The van der Waals surface area contributed by atoms with E-state index in [1.165, 1.54) is 22.9 Å². The molecule has 1 heterocycles. The average molecular weight is 438 g/mol. The van der Waals surface area contributed by atoms with Crippen molar-refractivity contribution in [1.82, 2.24) is 4.98 Å². The van der Waals surface area contributed by atoms with Gasteiger partial charge in [0.15, 0.2) is 6.10 Å². The van der Waals surface area contributed by atoms with Crippen LogP contribution in [0.15, 0.2) is 54.7 Å². The summed E-state index contributed by atoms with van der Waals surface area (Å²) >= 11 is 0. The number of benzene rings is 3. The third-order valence-electron chi connectivity index (χ3n) is 7.07. The molecule has 3 atom stereocenters. The molecule has 6 rings (SSSR count). The summed E-state index contributed by atoms with van der Waals surface area (Å²) in [6, 6.07) is 16.8. The Labute approximate surface area is 193 Å². The molecular weight excluding hydrogens is 410 g/mol. The molecule has 1 N–H and O–H groups in total. The van der Waals surface area contributed by atoms with Gasteiger partial charge in [0, 0.05) is 22.7 Å². The van der Waals surface area contributed by atoms with Gasteiger partial charge in [-0.1, -0.05) is 42.5 Å². The number of hydrogen-bond acceptors (Lipinski definition) is 3. The van der Waals surface area contributed by atoms with Crippen LogP contribution in [0.4, 0.5) is 0 Å². The molecule has 1 fully saturated rings. The Morgan fingerprint density at radius 2 is 1.82 bits per heavy atom. The van der Waals surface area contributed by atoms with E-state index in [0.717, 1.165) is 33.0 Å². The van der Waals surface area contributed by atoms with Crippen molar-refractivity contribution in [1.29, 1.82) is 0 Å². The molecule has 166 valence electrons. The zero-order chi connectivity index (χ0) is 23.1. The molecule has 0 bridgehead atoms. The Balaban J connectivity index is 1.71. The van der Waals surface area contributed by atoms with E-state index in [1.54, 1.807) is 0 Å². The summed E-state index contributed by atoms with van der Waals surface area (Å²) in [6.07, 6.45) is 2.05. The van der Waals surface area contributed by atoms with Crippen molar-refractivity contribution in [3.05, 3.63) is 77.0 Å². The summed E-state index contributed by atoms with van der Waals surface area (Å²) in [7, 11) is 0. The van der Waals surface area contributed by atoms with Gasteiger partial charge in [-0.25, -0.2) is 4.79 Å². The van der Waals surface area contributed by atoms with Gasteiger partial charge in [0.1, 0.15) is 0 Å². The van der Waals surface area contributed by atoms with E-state index in [1.807, 2.05) is 46.0 Å². The molecule has 3 aromatic carbocycles. The van der Waals surface area contributed by atoms with Crippen molar-refractivity contribution < 1.29 is 14.6 Å². The van der Waals surface area contributed by atoms with E-state index < -0.39 is 17.7 Å². The third-order valence-corrected chi connectivity index (χ3v) is 7.07. The number of nitrogens with zero attached hydrogens (tertiary/aromatic N) is 1. The fraction of sp³-hybridized carbons (Fsp3) is 0.310. The summed E-state index contributed by atoms with van der Waals surface area (Å²) in [5, 5.41) is 13.6. The number of rotatable bonds is 4. The molecule has 0 saturated heterocycles. The second-order valence-electron chi connectivity index (χ2n) is 10.4. The number of carbonyl (C=O) groups is 1. The van der Waals surface area contributed by atoms with E-state index in [2.05, 4.69) is 36.4 Å². The van der Waals surface area contributed by atoms with Crippen LogP contribution in [0.2, 0.25) is 0 Å². The molecule has 2 aliphatic carbocycles. The summed E-state index contributed by atoms with van der Waals surface area (Å²) in [4.78, 5) is 17.4. The Kier molecular flexibility index (Phi) is 4.25. The molecule has 1 saturated carbocycles. The van der Waals surface area contributed by atoms with E-state index in [4.69, 9.17) is 9.72 Å². The normalized spacial score (nSPS) is 19.6. The smallest absolute Gasteiger partial charge is 0.337 e. The second kappa shape index (κ2) is 6.88. The summed E-state index contributed by atoms with van der Waals surface area (Å²) in [6.45, 7) is 7.67. The zero-order valence-corrected chi connectivity index (χ0v) is 19.3. The van der Waals surface area contributed by atoms with Gasteiger partial charge < -0.3 is 9.84 Å². The van der Waals surface area contributed by atoms with Crippen molar-refractivity contribution in [2.75, 3.05) is 0 Å².